The molecule has 2 aromatic rings. The van der Waals surface area contributed by atoms with Gasteiger partial charge in [-0.3, -0.25) is 0 Å². The molecule has 0 saturated carbocycles. The number of nitrogens with two attached hydrogens (primary N) is 1. The fraction of sp³-hybridized carbons (Fsp3) is 0.231. The quantitative estimate of drug-likeness (QED) is 0.664. The highest BCUT2D eigenvalue weighted by Crippen LogP contribution is 2.25. The van der Waals surface area contributed by atoms with Gasteiger partial charge in [0.15, 0.2) is 0 Å². The van der Waals surface area contributed by atoms with E-state index in [9.17, 15) is 0 Å². The molecule has 1 aromatic heterocycles. The van der Waals surface area contributed by atoms with Crippen molar-refractivity contribution in [2.45, 2.75) is 13.0 Å². The summed E-state index contributed by atoms with van der Waals surface area (Å²) in [7, 11) is 1.97. The maximum atomic E-state index is 5.90. The molecule has 0 amide bonds. The van der Waals surface area contributed by atoms with Crippen molar-refractivity contribution in [2.24, 2.45) is 5.84 Å². The third-order valence-electron chi connectivity index (χ3n) is 3.10. The number of anilines is 2. The summed E-state index contributed by atoms with van der Waals surface area (Å²) in [5.41, 5.74) is 3.67. The Bertz CT molecular complexity index is 543. The number of nitrogens with one attached hydrogen (secondary N) is 1. The van der Waals surface area contributed by atoms with Gasteiger partial charge in [-0.25, -0.2) is 15.8 Å². The third kappa shape index (κ3) is 3.13. The molecule has 3 N–H and O–H groups in total. The van der Waals surface area contributed by atoms with E-state index in [2.05, 4.69) is 22.3 Å². The maximum absolute atomic E-state index is 5.90. The van der Waals surface area contributed by atoms with Crippen molar-refractivity contribution in [3.8, 4) is 0 Å². The molecule has 0 saturated heterocycles. The Morgan fingerprint density at radius 2 is 1.95 bits per heavy atom. The number of hydrazine groups is 1. The van der Waals surface area contributed by atoms with Crippen LogP contribution >= 0.6 is 11.6 Å². The van der Waals surface area contributed by atoms with Crippen LogP contribution in [0.1, 0.15) is 18.5 Å². The van der Waals surface area contributed by atoms with Crippen LogP contribution in [0.25, 0.3) is 0 Å². The van der Waals surface area contributed by atoms with E-state index in [0.29, 0.717) is 5.82 Å². The van der Waals surface area contributed by atoms with Crippen molar-refractivity contribution in [1.82, 2.24) is 9.97 Å². The predicted octanol–water partition coefficient (Wildman–Crippen LogP) is 2.61. The Hall–Kier alpha value is -1.85. The average Bonchev–Trinajstić information content (AvgIpc) is 2.46. The molecule has 0 fully saturated rings. The smallest absolute Gasteiger partial charge is 0.145 e. The second-order valence-corrected chi connectivity index (χ2v) is 4.68. The van der Waals surface area contributed by atoms with Crippen molar-refractivity contribution < 1.29 is 0 Å². The van der Waals surface area contributed by atoms with Crippen LogP contribution in [-0.2, 0) is 0 Å². The molecule has 0 aliphatic rings. The Morgan fingerprint density at radius 1 is 1.26 bits per heavy atom. The molecule has 100 valence electrons. The molecule has 1 unspecified atom stereocenters. The van der Waals surface area contributed by atoms with E-state index < -0.39 is 0 Å². The molecule has 5 nitrogen and oxygen atoms in total. The van der Waals surface area contributed by atoms with Crippen LogP contribution in [0.15, 0.2) is 36.7 Å². The van der Waals surface area contributed by atoms with Gasteiger partial charge in [-0.05, 0) is 24.6 Å². The second-order valence-electron chi connectivity index (χ2n) is 4.24. The van der Waals surface area contributed by atoms with Gasteiger partial charge in [0.05, 0.1) is 6.04 Å². The van der Waals surface area contributed by atoms with Gasteiger partial charge >= 0.3 is 0 Å². The Labute approximate surface area is 117 Å². The second kappa shape index (κ2) is 5.86. The zero-order chi connectivity index (χ0) is 13.8. The molecule has 1 heterocycles. The van der Waals surface area contributed by atoms with Crippen LogP contribution in [0.5, 0.6) is 0 Å². The molecule has 0 spiro atoms. The summed E-state index contributed by atoms with van der Waals surface area (Å²) in [4.78, 5) is 10.3. The van der Waals surface area contributed by atoms with Gasteiger partial charge in [0.25, 0.3) is 0 Å². The number of rotatable bonds is 4. The van der Waals surface area contributed by atoms with Crippen molar-refractivity contribution in [3.63, 3.8) is 0 Å². The zero-order valence-electron chi connectivity index (χ0n) is 10.8. The molecular weight excluding hydrogens is 262 g/mol. The Balaban J connectivity index is 2.22. The molecule has 1 aromatic carbocycles. The van der Waals surface area contributed by atoms with Crippen molar-refractivity contribution in [2.75, 3.05) is 17.4 Å². The van der Waals surface area contributed by atoms with Crippen molar-refractivity contribution in [3.05, 3.63) is 47.2 Å². The first kappa shape index (κ1) is 13.6. The monoisotopic (exact) mass is 277 g/mol. The van der Waals surface area contributed by atoms with Crippen LogP contribution in [-0.4, -0.2) is 17.0 Å². The van der Waals surface area contributed by atoms with Gasteiger partial charge in [0.2, 0.25) is 0 Å². The molecule has 0 aliphatic heterocycles. The SMILES string of the molecule is CC(c1ccc(Cl)cc1)N(C)c1cc(NN)ncn1. The van der Waals surface area contributed by atoms with Crippen molar-refractivity contribution in [1.29, 1.82) is 0 Å². The molecule has 1 atom stereocenters. The number of aromatic nitrogens is 2. The first-order valence-corrected chi connectivity index (χ1v) is 6.26. The van der Waals surface area contributed by atoms with Crippen LogP contribution < -0.4 is 16.2 Å². The van der Waals surface area contributed by atoms with E-state index >= 15 is 0 Å². The van der Waals surface area contributed by atoms with Crippen LogP contribution in [0.2, 0.25) is 5.02 Å². The lowest BCUT2D eigenvalue weighted by molar-refractivity contribution is 0.727. The highest BCUT2D eigenvalue weighted by atomic mass is 35.5. The van der Waals surface area contributed by atoms with Gasteiger partial charge in [-0.1, -0.05) is 23.7 Å². The first-order valence-electron chi connectivity index (χ1n) is 5.89. The van der Waals surface area contributed by atoms with E-state index in [1.807, 2.05) is 36.2 Å². The van der Waals surface area contributed by atoms with E-state index in [0.717, 1.165) is 16.4 Å². The summed E-state index contributed by atoms with van der Waals surface area (Å²) < 4.78 is 0. The van der Waals surface area contributed by atoms with Gasteiger partial charge in [0, 0.05) is 18.1 Å². The minimum absolute atomic E-state index is 0.165. The van der Waals surface area contributed by atoms with E-state index in [4.69, 9.17) is 17.4 Å². The van der Waals surface area contributed by atoms with Gasteiger partial charge < -0.3 is 10.3 Å². The zero-order valence-corrected chi connectivity index (χ0v) is 11.6. The highest BCUT2D eigenvalue weighted by molar-refractivity contribution is 6.30. The maximum Gasteiger partial charge on any atom is 0.145 e. The van der Waals surface area contributed by atoms with Crippen LogP contribution in [0.4, 0.5) is 11.6 Å². The third-order valence-corrected chi connectivity index (χ3v) is 3.35. The standard InChI is InChI=1S/C13H16ClN5/c1-9(10-3-5-11(14)6-4-10)19(2)13-7-12(18-15)16-8-17-13/h3-9H,15H2,1-2H3,(H,16,17,18). The number of hydrogen-bond acceptors (Lipinski definition) is 5. The Kier molecular flexibility index (Phi) is 4.19. The molecule has 0 radical (unpaired) electrons. The summed E-state index contributed by atoms with van der Waals surface area (Å²) in [6.45, 7) is 2.10. The predicted molar refractivity (Wildman–Crippen MR) is 78.1 cm³/mol. The molecule has 2 rings (SSSR count). The van der Waals surface area contributed by atoms with E-state index in [1.165, 1.54) is 6.33 Å². The summed E-state index contributed by atoms with van der Waals surface area (Å²) in [5, 5.41) is 0.732. The number of benzene rings is 1. The lowest BCUT2D eigenvalue weighted by Gasteiger charge is -2.26. The van der Waals surface area contributed by atoms with Crippen LogP contribution in [0.3, 0.4) is 0 Å². The first-order chi connectivity index (χ1) is 9.11. The number of hydrogen-bond donors (Lipinski definition) is 2. The fourth-order valence-electron chi connectivity index (χ4n) is 1.78. The number of nitrogens with zero attached hydrogens (tertiary/aromatic N) is 3. The van der Waals surface area contributed by atoms with Gasteiger partial charge in [-0.15, -0.1) is 0 Å². The molecule has 0 bridgehead atoms. The average molecular weight is 278 g/mol. The van der Waals surface area contributed by atoms with E-state index in [-0.39, 0.29) is 6.04 Å². The molecule has 0 aliphatic carbocycles. The number of halogens is 1. The molecule has 6 heteroatoms. The van der Waals surface area contributed by atoms with Crippen molar-refractivity contribution >= 4 is 23.2 Å². The lowest BCUT2D eigenvalue weighted by atomic mass is 10.1. The Morgan fingerprint density at radius 3 is 2.58 bits per heavy atom. The lowest BCUT2D eigenvalue weighted by Crippen LogP contribution is -2.23. The largest absolute Gasteiger partial charge is 0.353 e. The summed E-state index contributed by atoms with van der Waals surface area (Å²) >= 11 is 5.90. The van der Waals surface area contributed by atoms with Gasteiger partial charge in [-0.2, -0.15) is 0 Å². The highest BCUT2D eigenvalue weighted by Gasteiger charge is 2.13. The van der Waals surface area contributed by atoms with E-state index in [1.54, 1.807) is 6.07 Å². The molecule has 19 heavy (non-hydrogen) atoms. The fourth-order valence-corrected chi connectivity index (χ4v) is 1.91. The normalized spacial score (nSPS) is 12.0. The number of nitrogen functional groups attached to an aromatic ring is 1. The summed E-state index contributed by atoms with van der Waals surface area (Å²) in [6, 6.07) is 9.74. The summed E-state index contributed by atoms with van der Waals surface area (Å²) in [6.07, 6.45) is 1.48. The van der Waals surface area contributed by atoms with Crippen LogP contribution in [0, 0.1) is 0 Å². The minimum Gasteiger partial charge on any atom is -0.353 e. The molecular formula is C13H16ClN5. The summed E-state index contributed by atoms with van der Waals surface area (Å²) in [5.74, 6) is 6.73. The van der Waals surface area contributed by atoms with Gasteiger partial charge in [0.1, 0.15) is 18.0 Å². The minimum atomic E-state index is 0.165. The topological polar surface area (TPSA) is 67.1 Å².